The average molecular weight is 603 g/mol. The second-order valence-corrected chi connectivity index (χ2v) is 11.7. The first-order valence-corrected chi connectivity index (χ1v) is 16.1. The molecule has 2 aromatic heterocycles. The number of nitrogens with two attached hydrogens (primary N) is 1. The van der Waals surface area contributed by atoms with Gasteiger partial charge in [0.25, 0.3) is 0 Å². The molecule has 7 N–H and O–H groups in total. The second-order valence-electron chi connectivity index (χ2n) is 11.7. The van der Waals surface area contributed by atoms with Gasteiger partial charge in [0.05, 0.1) is 13.2 Å². The molecule has 2 aliphatic rings. The number of ether oxygens (including phenoxy) is 1. The smallest absolute Gasteiger partial charge is 0.323 e. The number of amides is 1. The van der Waals surface area contributed by atoms with Gasteiger partial charge < -0.3 is 25.8 Å². The molecule has 2 aliphatic heterocycles. The van der Waals surface area contributed by atoms with E-state index in [0.29, 0.717) is 6.42 Å². The SMILES string of the molecule is CCCCN.CCCCNC(=O)[C@@H]1Cc2c([nH]c3ccccc23)[C@H](C)N1.COC(=O)[C@@H]1Cc2c([nH]c3ccccc23)[C@H](C)N1. The summed E-state index contributed by atoms with van der Waals surface area (Å²) in [6.45, 7) is 10.0. The van der Waals surface area contributed by atoms with Crippen LogP contribution >= 0.6 is 0 Å². The first kappa shape index (κ1) is 33.2. The number of carbonyl (C=O) groups is 2. The van der Waals surface area contributed by atoms with Crippen LogP contribution in [0.15, 0.2) is 48.5 Å². The van der Waals surface area contributed by atoms with Gasteiger partial charge in [-0.1, -0.05) is 63.1 Å². The molecule has 4 atom stereocenters. The van der Waals surface area contributed by atoms with E-state index in [1.165, 1.54) is 53.2 Å². The number of esters is 1. The summed E-state index contributed by atoms with van der Waals surface area (Å²) in [6, 6.07) is 16.4. The summed E-state index contributed by atoms with van der Waals surface area (Å²) in [7, 11) is 1.43. The molecule has 9 heteroatoms. The first-order valence-electron chi connectivity index (χ1n) is 16.1. The molecule has 4 heterocycles. The van der Waals surface area contributed by atoms with Gasteiger partial charge >= 0.3 is 5.97 Å². The summed E-state index contributed by atoms with van der Waals surface area (Å²) in [5.41, 5.74) is 12.3. The molecular formula is C35H50N6O3. The van der Waals surface area contributed by atoms with Crippen molar-refractivity contribution in [3.05, 3.63) is 71.0 Å². The largest absolute Gasteiger partial charge is 0.468 e. The van der Waals surface area contributed by atoms with Crippen molar-refractivity contribution in [2.24, 2.45) is 5.73 Å². The van der Waals surface area contributed by atoms with Crippen molar-refractivity contribution >= 4 is 33.7 Å². The Labute approximate surface area is 261 Å². The van der Waals surface area contributed by atoms with Crippen molar-refractivity contribution in [2.45, 2.75) is 90.4 Å². The average Bonchev–Trinajstić information content (AvgIpc) is 3.61. The van der Waals surface area contributed by atoms with E-state index in [2.05, 4.69) is 83.9 Å². The Bertz CT molecular complexity index is 1520. The van der Waals surface area contributed by atoms with E-state index in [0.717, 1.165) is 43.4 Å². The molecule has 0 saturated heterocycles. The Morgan fingerprint density at radius 3 is 1.80 bits per heavy atom. The van der Waals surface area contributed by atoms with Gasteiger partial charge in [0, 0.05) is 58.2 Å². The van der Waals surface area contributed by atoms with Gasteiger partial charge in [0.2, 0.25) is 5.91 Å². The van der Waals surface area contributed by atoms with Crippen molar-refractivity contribution in [2.75, 3.05) is 20.2 Å². The molecule has 0 bridgehead atoms. The lowest BCUT2D eigenvalue weighted by Gasteiger charge is -2.28. The van der Waals surface area contributed by atoms with Crippen molar-refractivity contribution < 1.29 is 14.3 Å². The van der Waals surface area contributed by atoms with E-state index in [1.54, 1.807) is 0 Å². The number of H-pyrrole nitrogens is 2. The lowest BCUT2D eigenvalue weighted by molar-refractivity contribution is -0.143. The Morgan fingerprint density at radius 1 is 0.818 bits per heavy atom. The number of nitrogens with one attached hydrogen (secondary N) is 5. The summed E-state index contributed by atoms with van der Waals surface area (Å²) in [5.74, 6) is -0.0796. The molecule has 0 fully saturated rings. The van der Waals surface area contributed by atoms with E-state index in [1.807, 2.05) is 18.2 Å². The fourth-order valence-electron chi connectivity index (χ4n) is 6.09. The van der Waals surface area contributed by atoms with Crippen molar-refractivity contribution in [3.63, 3.8) is 0 Å². The highest BCUT2D eigenvalue weighted by Crippen LogP contribution is 2.32. The van der Waals surface area contributed by atoms with Crippen LogP contribution in [0.4, 0.5) is 0 Å². The standard InChI is InChI=1S/C17H23N3O.C14H16N2O2.C4H11N/c1-3-4-9-18-17(21)15-10-13-12-7-5-6-8-14(12)20-16(13)11(2)19-15;1-8-13-10(7-12(15-8)14(17)18-2)9-5-3-4-6-11(9)16-13;1-2-3-4-5/h5-8,11,15,19-20H,3-4,9-10H2,1-2H3,(H,18,21);3-6,8,12,15-16H,7H2,1-2H3;2-5H2,1H3/t11-,15-;8-,12-;/m00./s1. The van der Waals surface area contributed by atoms with Crippen molar-refractivity contribution in [1.82, 2.24) is 25.9 Å². The van der Waals surface area contributed by atoms with E-state index in [9.17, 15) is 9.59 Å². The molecule has 0 aliphatic carbocycles. The summed E-state index contributed by atoms with van der Waals surface area (Å²) in [6.07, 6.45) is 5.95. The highest BCUT2D eigenvalue weighted by Gasteiger charge is 2.32. The third-order valence-corrected chi connectivity index (χ3v) is 8.47. The molecule has 0 saturated carbocycles. The van der Waals surface area contributed by atoms with Crippen LogP contribution in [0.3, 0.4) is 0 Å². The van der Waals surface area contributed by atoms with Crippen LogP contribution in [0.2, 0.25) is 0 Å². The summed E-state index contributed by atoms with van der Waals surface area (Å²) in [5, 5.41) is 12.2. The highest BCUT2D eigenvalue weighted by molar-refractivity contribution is 5.89. The third kappa shape index (κ3) is 7.70. The molecule has 0 unspecified atom stereocenters. The molecule has 9 nitrogen and oxygen atoms in total. The van der Waals surface area contributed by atoms with Crippen LogP contribution in [0, 0.1) is 0 Å². The summed E-state index contributed by atoms with van der Waals surface area (Å²) < 4.78 is 4.83. The molecule has 2 aromatic carbocycles. The lowest BCUT2D eigenvalue weighted by atomic mass is 9.94. The minimum Gasteiger partial charge on any atom is -0.468 e. The van der Waals surface area contributed by atoms with Crippen LogP contribution in [-0.2, 0) is 27.2 Å². The molecule has 0 radical (unpaired) electrons. The molecule has 1 amide bonds. The number of para-hydroxylation sites is 2. The number of unbranched alkanes of at least 4 members (excludes halogenated alkanes) is 2. The van der Waals surface area contributed by atoms with Crippen LogP contribution < -0.4 is 21.7 Å². The second kappa shape index (κ2) is 15.9. The van der Waals surface area contributed by atoms with Gasteiger partial charge in [-0.05, 0) is 62.9 Å². The summed E-state index contributed by atoms with van der Waals surface area (Å²) in [4.78, 5) is 30.9. The number of aromatic amines is 2. The van der Waals surface area contributed by atoms with Gasteiger partial charge in [-0.15, -0.1) is 0 Å². The van der Waals surface area contributed by atoms with Crippen molar-refractivity contribution in [1.29, 1.82) is 0 Å². The molecule has 4 aromatic rings. The molecule has 238 valence electrons. The maximum Gasteiger partial charge on any atom is 0.323 e. The number of benzene rings is 2. The Balaban J connectivity index is 0.000000176. The Morgan fingerprint density at radius 2 is 1.32 bits per heavy atom. The Kier molecular flexibility index (Phi) is 12.0. The molecular weight excluding hydrogens is 552 g/mol. The van der Waals surface area contributed by atoms with Gasteiger partial charge in [-0.3, -0.25) is 20.2 Å². The third-order valence-electron chi connectivity index (χ3n) is 8.47. The number of fused-ring (bicyclic) bond motifs is 6. The fraction of sp³-hybridized carbons (Fsp3) is 0.486. The van der Waals surface area contributed by atoms with Gasteiger partial charge in [0.1, 0.15) is 6.04 Å². The lowest BCUT2D eigenvalue weighted by Crippen LogP contribution is -2.49. The first-order chi connectivity index (χ1) is 21.3. The van der Waals surface area contributed by atoms with Crippen LogP contribution in [-0.4, -0.2) is 54.1 Å². The van der Waals surface area contributed by atoms with Gasteiger partial charge in [-0.25, -0.2) is 0 Å². The number of hydrogen-bond donors (Lipinski definition) is 6. The molecule has 44 heavy (non-hydrogen) atoms. The molecule has 6 rings (SSSR count). The number of rotatable bonds is 7. The van der Waals surface area contributed by atoms with E-state index < -0.39 is 0 Å². The number of hydrogen-bond acceptors (Lipinski definition) is 6. The predicted octanol–water partition coefficient (Wildman–Crippen LogP) is 5.32. The van der Waals surface area contributed by atoms with Crippen LogP contribution in [0.1, 0.15) is 88.0 Å². The minimum absolute atomic E-state index is 0.117. The Hall–Kier alpha value is -3.66. The monoisotopic (exact) mass is 602 g/mol. The highest BCUT2D eigenvalue weighted by atomic mass is 16.5. The van der Waals surface area contributed by atoms with Gasteiger partial charge in [0.15, 0.2) is 0 Å². The zero-order chi connectivity index (χ0) is 31.6. The zero-order valence-corrected chi connectivity index (χ0v) is 26.9. The number of carbonyl (C=O) groups excluding carboxylic acids is 2. The van der Waals surface area contributed by atoms with Crippen molar-refractivity contribution in [3.8, 4) is 0 Å². The number of methoxy groups -OCH3 is 1. The van der Waals surface area contributed by atoms with Crippen LogP contribution in [0.25, 0.3) is 21.8 Å². The molecule has 0 spiro atoms. The normalized spacial score (nSPS) is 20.4. The van der Waals surface area contributed by atoms with E-state index in [-0.39, 0.29) is 36.0 Å². The number of aromatic nitrogens is 2. The summed E-state index contributed by atoms with van der Waals surface area (Å²) >= 11 is 0. The quantitative estimate of drug-likeness (QED) is 0.125. The maximum atomic E-state index is 12.3. The zero-order valence-electron chi connectivity index (χ0n) is 26.9. The minimum atomic E-state index is -0.253. The van der Waals surface area contributed by atoms with E-state index >= 15 is 0 Å². The maximum absolute atomic E-state index is 12.3. The topological polar surface area (TPSA) is 137 Å². The van der Waals surface area contributed by atoms with Gasteiger partial charge in [-0.2, -0.15) is 0 Å². The van der Waals surface area contributed by atoms with Crippen LogP contribution in [0.5, 0.6) is 0 Å². The predicted molar refractivity (Wildman–Crippen MR) is 179 cm³/mol. The fourth-order valence-corrected chi connectivity index (χ4v) is 6.09. The van der Waals surface area contributed by atoms with E-state index in [4.69, 9.17) is 10.5 Å².